The first-order valence-corrected chi connectivity index (χ1v) is 8.27. The molecule has 2 nitrogen and oxygen atoms in total. The first kappa shape index (κ1) is 18.4. The van der Waals surface area contributed by atoms with Crippen LogP contribution in [-0.4, -0.2) is 13.7 Å². The van der Waals surface area contributed by atoms with Crippen molar-refractivity contribution in [3.05, 3.63) is 70.8 Å². The van der Waals surface area contributed by atoms with E-state index in [2.05, 4.69) is 50.1 Å². The van der Waals surface area contributed by atoms with Crippen LogP contribution >= 0.6 is 0 Å². The van der Waals surface area contributed by atoms with Crippen LogP contribution in [0.4, 0.5) is 0 Å². The SMILES string of the molecule is C#CCOc1cc(/C=C/c2ccccc2)c(CC=C(C)C)c(OC)c1. The minimum Gasteiger partial charge on any atom is -0.496 e. The van der Waals surface area contributed by atoms with Crippen LogP contribution in [-0.2, 0) is 6.42 Å². The van der Waals surface area contributed by atoms with Crippen LogP contribution in [0.1, 0.15) is 30.5 Å². The molecular formula is C23H24O2. The molecule has 0 bridgehead atoms. The molecule has 0 heterocycles. The van der Waals surface area contributed by atoms with Gasteiger partial charge in [-0.3, -0.25) is 0 Å². The Morgan fingerprint density at radius 1 is 1.12 bits per heavy atom. The highest BCUT2D eigenvalue weighted by atomic mass is 16.5. The smallest absolute Gasteiger partial charge is 0.148 e. The lowest BCUT2D eigenvalue weighted by Gasteiger charge is -2.14. The van der Waals surface area contributed by atoms with Gasteiger partial charge in [-0.15, -0.1) is 6.42 Å². The molecule has 0 unspecified atom stereocenters. The molecule has 0 spiro atoms. The molecule has 0 radical (unpaired) electrons. The molecule has 0 aliphatic heterocycles. The Morgan fingerprint density at radius 3 is 2.52 bits per heavy atom. The summed E-state index contributed by atoms with van der Waals surface area (Å²) in [6.07, 6.45) is 12.5. The van der Waals surface area contributed by atoms with Crippen molar-refractivity contribution in [1.29, 1.82) is 0 Å². The van der Waals surface area contributed by atoms with E-state index in [0.29, 0.717) is 5.75 Å². The largest absolute Gasteiger partial charge is 0.496 e. The van der Waals surface area contributed by atoms with Gasteiger partial charge >= 0.3 is 0 Å². The summed E-state index contributed by atoms with van der Waals surface area (Å²) >= 11 is 0. The van der Waals surface area contributed by atoms with E-state index in [1.165, 1.54) is 5.57 Å². The van der Waals surface area contributed by atoms with Crippen molar-refractivity contribution in [3.8, 4) is 23.8 Å². The molecule has 0 aromatic heterocycles. The van der Waals surface area contributed by atoms with E-state index >= 15 is 0 Å². The van der Waals surface area contributed by atoms with Gasteiger partial charge in [-0.05, 0) is 37.5 Å². The Balaban J connectivity index is 2.45. The van der Waals surface area contributed by atoms with Crippen LogP contribution < -0.4 is 9.47 Å². The molecule has 128 valence electrons. The molecule has 2 heteroatoms. The van der Waals surface area contributed by atoms with Gasteiger partial charge < -0.3 is 9.47 Å². The van der Waals surface area contributed by atoms with Crippen LogP contribution in [0.5, 0.6) is 11.5 Å². The molecule has 0 aliphatic carbocycles. The highest BCUT2D eigenvalue weighted by molar-refractivity contribution is 5.73. The fourth-order valence-electron chi connectivity index (χ4n) is 2.45. The van der Waals surface area contributed by atoms with Crippen LogP contribution in [0.2, 0.25) is 0 Å². The summed E-state index contributed by atoms with van der Waals surface area (Å²) in [5.41, 5.74) is 4.61. The highest BCUT2D eigenvalue weighted by Crippen LogP contribution is 2.31. The zero-order valence-electron chi connectivity index (χ0n) is 15.1. The third-order valence-electron chi connectivity index (χ3n) is 3.73. The fourth-order valence-corrected chi connectivity index (χ4v) is 2.45. The second-order valence-corrected chi connectivity index (χ2v) is 5.92. The van der Waals surface area contributed by atoms with Gasteiger partial charge in [-0.25, -0.2) is 0 Å². The van der Waals surface area contributed by atoms with Crippen molar-refractivity contribution < 1.29 is 9.47 Å². The number of hydrogen-bond donors (Lipinski definition) is 0. The Kier molecular flexibility index (Phi) is 6.92. The van der Waals surface area contributed by atoms with Gasteiger partial charge in [-0.2, -0.15) is 0 Å². The topological polar surface area (TPSA) is 18.5 Å². The first-order chi connectivity index (χ1) is 12.1. The molecule has 0 amide bonds. The van der Waals surface area contributed by atoms with Gasteiger partial charge in [0, 0.05) is 11.6 Å². The number of methoxy groups -OCH3 is 1. The van der Waals surface area contributed by atoms with E-state index in [1.807, 2.05) is 30.3 Å². The normalized spacial score (nSPS) is 10.3. The second-order valence-electron chi connectivity index (χ2n) is 5.92. The summed E-state index contributed by atoms with van der Waals surface area (Å²) in [5, 5.41) is 0. The van der Waals surface area contributed by atoms with E-state index in [1.54, 1.807) is 7.11 Å². The van der Waals surface area contributed by atoms with Crippen molar-refractivity contribution in [2.24, 2.45) is 0 Å². The lowest BCUT2D eigenvalue weighted by Crippen LogP contribution is -1.99. The zero-order valence-corrected chi connectivity index (χ0v) is 15.1. The minimum atomic E-state index is 0.234. The van der Waals surface area contributed by atoms with Crippen molar-refractivity contribution in [2.75, 3.05) is 13.7 Å². The molecule has 2 rings (SSSR count). The van der Waals surface area contributed by atoms with Crippen LogP contribution in [0.15, 0.2) is 54.1 Å². The summed E-state index contributed by atoms with van der Waals surface area (Å²) < 4.78 is 11.2. The molecule has 2 aromatic carbocycles. The number of rotatable bonds is 7. The Morgan fingerprint density at radius 2 is 1.88 bits per heavy atom. The van der Waals surface area contributed by atoms with Gasteiger partial charge in [0.05, 0.1) is 7.11 Å². The van der Waals surface area contributed by atoms with E-state index in [-0.39, 0.29) is 6.61 Å². The monoisotopic (exact) mass is 332 g/mol. The van der Waals surface area contributed by atoms with Gasteiger partial charge in [0.1, 0.15) is 18.1 Å². The maximum absolute atomic E-state index is 5.61. The van der Waals surface area contributed by atoms with Crippen molar-refractivity contribution >= 4 is 12.2 Å². The van der Waals surface area contributed by atoms with Gasteiger partial charge in [0.15, 0.2) is 0 Å². The molecule has 0 fully saturated rings. The van der Waals surface area contributed by atoms with E-state index < -0.39 is 0 Å². The van der Waals surface area contributed by atoms with Gasteiger partial charge in [0.2, 0.25) is 0 Å². The maximum atomic E-state index is 5.61. The summed E-state index contributed by atoms with van der Waals surface area (Å²) in [5.74, 6) is 4.01. The lowest BCUT2D eigenvalue weighted by molar-refractivity contribution is 0.362. The van der Waals surface area contributed by atoms with Crippen LogP contribution in [0.3, 0.4) is 0 Å². The Bertz CT molecular complexity index is 789. The van der Waals surface area contributed by atoms with E-state index in [4.69, 9.17) is 15.9 Å². The number of ether oxygens (including phenoxy) is 2. The van der Waals surface area contributed by atoms with Crippen LogP contribution in [0.25, 0.3) is 12.2 Å². The summed E-state index contributed by atoms with van der Waals surface area (Å²) in [6, 6.07) is 14.1. The third kappa shape index (κ3) is 5.58. The van der Waals surface area contributed by atoms with Gasteiger partial charge in [-0.1, -0.05) is 60.1 Å². The molecule has 25 heavy (non-hydrogen) atoms. The molecule has 2 aromatic rings. The minimum absolute atomic E-state index is 0.234. The van der Waals surface area contributed by atoms with Crippen molar-refractivity contribution in [3.63, 3.8) is 0 Å². The summed E-state index contributed by atoms with van der Waals surface area (Å²) in [4.78, 5) is 0. The number of hydrogen-bond acceptors (Lipinski definition) is 2. The zero-order chi connectivity index (χ0) is 18.1. The van der Waals surface area contributed by atoms with Crippen molar-refractivity contribution in [2.45, 2.75) is 20.3 Å². The average Bonchev–Trinajstić information content (AvgIpc) is 2.63. The first-order valence-electron chi connectivity index (χ1n) is 8.27. The third-order valence-corrected chi connectivity index (χ3v) is 3.73. The van der Waals surface area contributed by atoms with E-state index in [9.17, 15) is 0 Å². The number of terminal acetylenes is 1. The average molecular weight is 332 g/mol. The summed E-state index contributed by atoms with van der Waals surface area (Å²) in [6.45, 7) is 4.42. The fraction of sp³-hybridized carbons (Fsp3) is 0.217. The molecule has 0 saturated heterocycles. The quantitative estimate of drug-likeness (QED) is 0.385. The second kappa shape index (κ2) is 9.39. The van der Waals surface area contributed by atoms with Gasteiger partial charge in [0.25, 0.3) is 0 Å². The standard InChI is InChI=1S/C23H24O2/c1-5-15-25-21-16-20(13-12-19-9-7-6-8-10-19)22(14-11-18(2)3)23(17-21)24-4/h1,6-13,16-17H,14-15H2,2-4H3/b13-12+. The molecule has 0 aliphatic rings. The summed E-state index contributed by atoms with van der Waals surface area (Å²) in [7, 11) is 1.68. The van der Waals surface area contributed by atoms with Crippen molar-refractivity contribution in [1.82, 2.24) is 0 Å². The number of benzene rings is 2. The predicted octanol–water partition coefficient (Wildman–Crippen LogP) is 5.39. The van der Waals surface area contributed by atoms with Crippen LogP contribution in [0, 0.1) is 12.3 Å². The molecule has 0 N–H and O–H groups in total. The molecule has 0 atom stereocenters. The maximum Gasteiger partial charge on any atom is 0.148 e. The Hall–Kier alpha value is -2.92. The molecule has 0 saturated carbocycles. The predicted molar refractivity (Wildman–Crippen MR) is 106 cm³/mol. The highest BCUT2D eigenvalue weighted by Gasteiger charge is 2.10. The van der Waals surface area contributed by atoms with E-state index in [0.717, 1.165) is 28.9 Å². The molecular weight excluding hydrogens is 308 g/mol. The Labute approximate surface area is 150 Å². The number of allylic oxidation sites excluding steroid dienone is 2. The lowest BCUT2D eigenvalue weighted by atomic mass is 10.00.